The molecule has 3 heterocycles. The van der Waals surface area contributed by atoms with E-state index >= 15 is 0 Å². The number of likely N-dealkylation sites (tertiary alicyclic amines) is 1. The zero-order valence-corrected chi connectivity index (χ0v) is 15.4. The predicted octanol–water partition coefficient (Wildman–Crippen LogP) is 3.02. The molecular weight excluding hydrogens is 365 g/mol. The van der Waals surface area contributed by atoms with Gasteiger partial charge in [-0.3, -0.25) is 4.99 Å². The lowest BCUT2D eigenvalue weighted by Gasteiger charge is -2.39. The first-order chi connectivity index (χ1) is 12.4. The lowest BCUT2D eigenvalue weighted by molar-refractivity contribution is -0.140. The van der Waals surface area contributed by atoms with Crippen LogP contribution in [0.3, 0.4) is 0 Å². The van der Waals surface area contributed by atoms with Gasteiger partial charge in [0.15, 0.2) is 11.7 Å². The number of aliphatic imine (C=N–C) groups is 1. The molecule has 142 valence electrons. The second kappa shape index (κ2) is 7.65. The summed E-state index contributed by atoms with van der Waals surface area (Å²) in [6.07, 6.45) is 2.13. The third kappa shape index (κ3) is 4.17. The summed E-state index contributed by atoms with van der Waals surface area (Å²) in [5.41, 5.74) is -0.846. The molecule has 6 nitrogen and oxygen atoms in total. The Morgan fingerprint density at radius 2 is 2.27 bits per heavy atom. The van der Waals surface area contributed by atoms with Gasteiger partial charge in [-0.05, 0) is 12.3 Å². The van der Waals surface area contributed by atoms with E-state index < -0.39 is 11.9 Å². The predicted molar refractivity (Wildman–Crippen MR) is 93.9 cm³/mol. The normalized spacial score (nSPS) is 21.9. The molecule has 1 aliphatic rings. The fourth-order valence-electron chi connectivity index (χ4n) is 3.10. The Hall–Kier alpha value is -2.10. The largest absolute Gasteiger partial charge is 0.434 e. The van der Waals surface area contributed by atoms with E-state index in [2.05, 4.69) is 36.7 Å². The number of aromatic nitrogens is 3. The van der Waals surface area contributed by atoms with Crippen LogP contribution in [0.2, 0.25) is 0 Å². The molecule has 26 heavy (non-hydrogen) atoms. The molecule has 0 saturated carbocycles. The molecular formula is C16H21F3N6S. The molecule has 0 bridgehead atoms. The van der Waals surface area contributed by atoms with Gasteiger partial charge in [0.1, 0.15) is 5.01 Å². The molecule has 0 radical (unpaired) electrons. The van der Waals surface area contributed by atoms with Crippen molar-refractivity contribution in [2.45, 2.75) is 32.1 Å². The minimum absolute atomic E-state index is 0.217. The molecule has 0 aliphatic carbocycles. The first-order valence-corrected chi connectivity index (χ1v) is 9.21. The summed E-state index contributed by atoms with van der Waals surface area (Å²) >= 11 is 0.995. The molecule has 0 aromatic carbocycles. The molecule has 2 aromatic rings. The lowest BCUT2D eigenvalue weighted by Crippen LogP contribution is -2.48. The Balaban J connectivity index is 1.63. The fraction of sp³-hybridized carbons (Fsp3) is 0.562. The Bertz CT molecular complexity index is 740. The number of hydrogen-bond acceptors (Lipinski definition) is 4. The number of halogens is 3. The highest BCUT2D eigenvalue weighted by atomic mass is 32.1. The van der Waals surface area contributed by atoms with E-state index in [1.54, 1.807) is 13.2 Å². The number of nitrogens with one attached hydrogen (secondary N) is 1. The summed E-state index contributed by atoms with van der Waals surface area (Å²) in [5, 5.41) is 4.56. The number of hydrogen-bond donors (Lipinski definition) is 1. The van der Waals surface area contributed by atoms with Gasteiger partial charge < -0.3 is 14.8 Å². The minimum atomic E-state index is -4.41. The highest BCUT2D eigenvalue weighted by molar-refractivity contribution is 7.09. The SMILES string of the molecule is CN=C(NCc1nc(C(F)(F)F)cs1)N1CCC(C)C(n2ccnc2)C1. The summed E-state index contributed by atoms with van der Waals surface area (Å²) in [6, 6.07) is 0.279. The Labute approximate surface area is 153 Å². The highest BCUT2D eigenvalue weighted by Gasteiger charge is 2.34. The molecule has 1 N–H and O–H groups in total. The number of rotatable bonds is 3. The van der Waals surface area contributed by atoms with Gasteiger partial charge in [-0.25, -0.2) is 9.97 Å². The molecule has 0 spiro atoms. The average Bonchev–Trinajstić information content (AvgIpc) is 3.27. The minimum Gasteiger partial charge on any atom is -0.350 e. The third-order valence-corrected chi connectivity index (χ3v) is 5.43. The Morgan fingerprint density at radius 3 is 2.88 bits per heavy atom. The summed E-state index contributed by atoms with van der Waals surface area (Å²) < 4.78 is 40.1. The van der Waals surface area contributed by atoms with Gasteiger partial charge in [-0.15, -0.1) is 11.3 Å². The molecule has 0 amide bonds. The molecule has 2 aromatic heterocycles. The van der Waals surface area contributed by atoms with Crippen molar-refractivity contribution in [2.24, 2.45) is 10.9 Å². The van der Waals surface area contributed by atoms with Crippen LogP contribution in [-0.2, 0) is 12.7 Å². The number of alkyl halides is 3. The van der Waals surface area contributed by atoms with Crippen molar-refractivity contribution < 1.29 is 13.2 Å². The molecule has 10 heteroatoms. The van der Waals surface area contributed by atoms with E-state index in [0.29, 0.717) is 16.9 Å². The maximum atomic E-state index is 12.7. The third-order valence-electron chi connectivity index (χ3n) is 4.58. The van der Waals surface area contributed by atoms with Crippen LogP contribution >= 0.6 is 11.3 Å². The van der Waals surface area contributed by atoms with Gasteiger partial charge in [-0.2, -0.15) is 13.2 Å². The lowest BCUT2D eigenvalue weighted by atomic mass is 9.93. The molecule has 2 unspecified atom stereocenters. The number of nitrogens with zero attached hydrogens (tertiary/aromatic N) is 5. The van der Waals surface area contributed by atoms with E-state index in [9.17, 15) is 13.2 Å². The molecule has 3 rings (SSSR count). The summed E-state index contributed by atoms with van der Waals surface area (Å²) in [7, 11) is 1.68. The van der Waals surface area contributed by atoms with Crippen molar-refractivity contribution in [1.29, 1.82) is 0 Å². The topological polar surface area (TPSA) is 58.3 Å². The van der Waals surface area contributed by atoms with Gasteiger partial charge >= 0.3 is 6.18 Å². The number of guanidine groups is 1. The van der Waals surface area contributed by atoms with Gasteiger partial charge in [0, 0.05) is 37.9 Å². The van der Waals surface area contributed by atoms with Crippen molar-refractivity contribution in [2.75, 3.05) is 20.1 Å². The molecule has 1 saturated heterocycles. The number of piperidine rings is 1. The zero-order chi connectivity index (χ0) is 18.7. The van der Waals surface area contributed by atoms with E-state index in [4.69, 9.17) is 0 Å². The van der Waals surface area contributed by atoms with Crippen LogP contribution in [0.4, 0.5) is 13.2 Å². The zero-order valence-electron chi connectivity index (χ0n) is 14.6. The Kier molecular flexibility index (Phi) is 5.49. The average molecular weight is 386 g/mol. The van der Waals surface area contributed by atoms with Crippen LogP contribution in [-0.4, -0.2) is 45.5 Å². The van der Waals surface area contributed by atoms with Crippen molar-refractivity contribution in [1.82, 2.24) is 24.8 Å². The van der Waals surface area contributed by atoms with Crippen LogP contribution in [0, 0.1) is 5.92 Å². The maximum absolute atomic E-state index is 12.7. The van der Waals surface area contributed by atoms with Gasteiger partial charge in [0.25, 0.3) is 0 Å². The van der Waals surface area contributed by atoms with Crippen molar-refractivity contribution in [3.05, 3.63) is 34.8 Å². The van der Waals surface area contributed by atoms with Gasteiger partial charge in [0.2, 0.25) is 0 Å². The quantitative estimate of drug-likeness (QED) is 0.651. The second-order valence-electron chi connectivity index (χ2n) is 6.31. The van der Waals surface area contributed by atoms with Crippen LogP contribution in [0.5, 0.6) is 0 Å². The van der Waals surface area contributed by atoms with Crippen molar-refractivity contribution >= 4 is 17.3 Å². The van der Waals surface area contributed by atoms with Crippen LogP contribution in [0.1, 0.15) is 30.1 Å². The fourth-order valence-corrected chi connectivity index (χ4v) is 3.84. The van der Waals surface area contributed by atoms with Crippen LogP contribution < -0.4 is 5.32 Å². The number of thiazole rings is 1. The molecule has 2 atom stereocenters. The first kappa shape index (κ1) is 18.7. The van der Waals surface area contributed by atoms with Crippen LogP contribution in [0.25, 0.3) is 0 Å². The summed E-state index contributed by atoms with van der Waals surface area (Å²) in [6.45, 7) is 4.04. The Morgan fingerprint density at radius 1 is 1.46 bits per heavy atom. The van der Waals surface area contributed by atoms with Crippen molar-refractivity contribution in [3.63, 3.8) is 0 Å². The number of imidazole rings is 1. The second-order valence-corrected chi connectivity index (χ2v) is 7.26. The van der Waals surface area contributed by atoms with E-state index in [0.717, 1.165) is 36.2 Å². The van der Waals surface area contributed by atoms with E-state index in [1.807, 2.05) is 12.5 Å². The van der Waals surface area contributed by atoms with Gasteiger partial charge in [-0.1, -0.05) is 6.92 Å². The summed E-state index contributed by atoms with van der Waals surface area (Å²) in [5.74, 6) is 1.18. The van der Waals surface area contributed by atoms with E-state index in [1.165, 1.54) is 0 Å². The first-order valence-electron chi connectivity index (χ1n) is 8.33. The maximum Gasteiger partial charge on any atom is 0.434 e. The molecule has 1 aliphatic heterocycles. The molecule has 1 fully saturated rings. The van der Waals surface area contributed by atoms with Gasteiger partial charge in [0.05, 0.1) is 18.9 Å². The standard InChI is InChI=1S/C16H21F3N6S/c1-11-3-5-24(8-12(11)25-6-4-21-10-25)15(20-2)22-7-14-23-13(9-26-14)16(17,18)19/h4,6,9-12H,3,5,7-8H2,1-2H3,(H,20,22). The highest BCUT2D eigenvalue weighted by Crippen LogP contribution is 2.30. The smallest absolute Gasteiger partial charge is 0.350 e. The monoisotopic (exact) mass is 386 g/mol. The van der Waals surface area contributed by atoms with Crippen LogP contribution in [0.15, 0.2) is 29.1 Å². The van der Waals surface area contributed by atoms with E-state index in [-0.39, 0.29) is 12.6 Å². The van der Waals surface area contributed by atoms with Crippen molar-refractivity contribution in [3.8, 4) is 0 Å². The summed E-state index contributed by atoms with van der Waals surface area (Å²) in [4.78, 5) is 14.2.